The molecule has 0 saturated heterocycles. The highest BCUT2D eigenvalue weighted by Crippen LogP contribution is 2.15. The highest BCUT2D eigenvalue weighted by Gasteiger charge is 1.99. The van der Waals surface area contributed by atoms with E-state index in [1.807, 2.05) is 24.4 Å². The normalized spacial score (nSPS) is 10.3. The third-order valence-electron chi connectivity index (χ3n) is 2.31. The summed E-state index contributed by atoms with van der Waals surface area (Å²) in [6.45, 7) is 2.66. The maximum absolute atomic E-state index is 12.8. The van der Waals surface area contributed by atoms with E-state index in [9.17, 15) is 4.39 Å². The predicted octanol–water partition coefficient (Wildman–Crippen LogP) is 3.81. The van der Waals surface area contributed by atoms with Gasteiger partial charge in [-0.25, -0.2) is 4.39 Å². The molecule has 0 aliphatic rings. The first-order chi connectivity index (χ1) is 7.25. The second-order valence-corrected chi connectivity index (χ2v) is 4.22. The summed E-state index contributed by atoms with van der Waals surface area (Å²) in [7, 11) is 0. The fourth-order valence-electron chi connectivity index (χ4n) is 1.42. The van der Waals surface area contributed by atoms with E-state index in [0.717, 1.165) is 23.4 Å². The Bertz CT molecular complexity index is 437. The van der Waals surface area contributed by atoms with Crippen LogP contribution in [0.15, 0.2) is 35.0 Å². The molecule has 0 saturated carbocycles. The van der Waals surface area contributed by atoms with Gasteiger partial charge in [-0.3, -0.25) is 0 Å². The maximum atomic E-state index is 12.8. The number of nitrogens with one attached hydrogen (secondary N) is 1. The fourth-order valence-corrected chi connectivity index (χ4v) is 2.03. The molecule has 2 aromatic rings. The molecule has 1 aromatic carbocycles. The van der Waals surface area contributed by atoms with Gasteiger partial charge in [0.1, 0.15) is 5.82 Å². The molecule has 3 heteroatoms. The van der Waals surface area contributed by atoms with Crippen LogP contribution in [-0.4, -0.2) is 0 Å². The molecular formula is C12H12FNS. The Labute approximate surface area is 92.6 Å². The maximum Gasteiger partial charge on any atom is 0.123 e. The van der Waals surface area contributed by atoms with Crippen molar-refractivity contribution in [2.24, 2.45) is 0 Å². The molecule has 0 unspecified atom stereocenters. The lowest BCUT2D eigenvalue weighted by molar-refractivity contribution is 0.625. The van der Waals surface area contributed by atoms with Gasteiger partial charge in [0.05, 0.1) is 0 Å². The molecule has 78 valence electrons. The largest absolute Gasteiger partial charge is 0.380 e. The van der Waals surface area contributed by atoms with Gasteiger partial charge in [-0.2, -0.15) is 11.3 Å². The van der Waals surface area contributed by atoms with Crippen molar-refractivity contribution in [3.8, 4) is 0 Å². The van der Waals surface area contributed by atoms with E-state index in [0.29, 0.717) is 0 Å². The van der Waals surface area contributed by atoms with E-state index >= 15 is 0 Å². The lowest BCUT2D eigenvalue weighted by atomic mass is 10.1. The molecule has 1 aromatic heterocycles. The van der Waals surface area contributed by atoms with Gasteiger partial charge in [-0.05, 0) is 41.6 Å². The smallest absolute Gasteiger partial charge is 0.123 e. The van der Waals surface area contributed by atoms with Crippen LogP contribution in [0.3, 0.4) is 0 Å². The van der Waals surface area contributed by atoms with Gasteiger partial charge in [0.2, 0.25) is 0 Å². The summed E-state index contributed by atoms with van der Waals surface area (Å²) in [6.07, 6.45) is 0. The van der Waals surface area contributed by atoms with E-state index in [-0.39, 0.29) is 5.82 Å². The summed E-state index contributed by atoms with van der Waals surface area (Å²) in [5.74, 6) is -0.174. The van der Waals surface area contributed by atoms with Crippen LogP contribution < -0.4 is 5.32 Å². The average molecular weight is 221 g/mol. The Morgan fingerprint density at radius 3 is 2.87 bits per heavy atom. The fraction of sp³-hybridized carbons (Fsp3) is 0.167. The molecule has 0 bridgehead atoms. The first-order valence-corrected chi connectivity index (χ1v) is 5.71. The summed E-state index contributed by atoms with van der Waals surface area (Å²) in [4.78, 5) is 0. The molecule has 0 amide bonds. The van der Waals surface area contributed by atoms with Crippen LogP contribution in [0.4, 0.5) is 10.1 Å². The van der Waals surface area contributed by atoms with Crippen molar-refractivity contribution < 1.29 is 4.39 Å². The number of rotatable bonds is 3. The molecule has 0 aliphatic carbocycles. The van der Waals surface area contributed by atoms with Gasteiger partial charge >= 0.3 is 0 Å². The molecule has 1 N–H and O–H groups in total. The number of anilines is 1. The van der Waals surface area contributed by atoms with Crippen LogP contribution in [-0.2, 0) is 6.54 Å². The average Bonchev–Trinajstić information content (AvgIpc) is 2.69. The highest BCUT2D eigenvalue weighted by molar-refractivity contribution is 7.08. The van der Waals surface area contributed by atoms with E-state index in [1.54, 1.807) is 17.4 Å². The van der Waals surface area contributed by atoms with Gasteiger partial charge in [-0.15, -0.1) is 0 Å². The minimum absolute atomic E-state index is 0.174. The van der Waals surface area contributed by atoms with E-state index in [1.165, 1.54) is 6.07 Å². The third kappa shape index (κ3) is 2.57. The van der Waals surface area contributed by atoms with E-state index in [4.69, 9.17) is 0 Å². The van der Waals surface area contributed by atoms with Crippen molar-refractivity contribution in [1.29, 1.82) is 0 Å². The Kier molecular flexibility index (Phi) is 3.02. The van der Waals surface area contributed by atoms with Crippen LogP contribution >= 0.6 is 11.3 Å². The molecule has 1 heterocycles. The quantitative estimate of drug-likeness (QED) is 0.831. The topological polar surface area (TPSA) is 12.0 Å². The van der Waals surface area contributed by atoms with E-state index in [2.05, 4.69) is 10.7 Å². The Balaban J connectivity index is 2.05. The first kappa shape index (κ1) is 10.2. The SMILES string of the molecule is Cc1cc(F)ccc1CNc1ccsc1. The second-order valence-electron chi connectivity index (χ2n) is 3.44. The van der Waals surface area contributed by atoms with Crippen LogP contribution in [0.2, 0.25) is 0 Å². The second kappa shape index (κ2) is 4.45. The van der Waals surface area contributed by atoms with E-state index < -0.39 is 0 Å². The van der Waals surface area contributed by atoms with Crippen molar-refractivity contribution in [3.63, 3.8) is 0 Å². The summed E-state index contributed by atoms with van der Waals surface area (Å²) < 4.78 is 12.8. The standard InChI is InChI=1S/C12H12FNS/c1-9-6-11(13)3-2-10(9)7-14-12-4-5-15-8-12/h2-6,8,14H,7H2,1H3. The molecule has 15 heavy (non-hydrogen) atoms. The summed E-state index contributed by atoms with van der Waals surface area (Å²) in [5.41, 5.74) is 3.23. The van der Waals surface area contributed by atoms with Crippen LogP contribution in [0, 0.1) is 12.7 Å². The summed E-state index contributed by atoms with van der Waals surface area (Å²) in [6, 6.07) is 6.91. The minimum Gasteiger partial charge on any atom is -0.380 e. The zero-order valence-corrected chi connectivity index (χ0v) is 9.27. The van der Waals surface area contributed by atoms with Crippen LogP contribution in [0.5, 0.6) is 0 Å². The van der Waals surface area contributed by atoms with Crippen molar-refractivity contribution in [3.05, 3.63) is 52.0 Å². The summed E-state index contributed by atoms with van der Waals surface area (Å²) >= 11 is 1.66. The third-order valence-corrected chi connectivity index (χ3v) is 2.99. The number of aryl methyl sites for hydroxylation is 1. The van der Waals surface area contributed by atoms with Gasteiger partial charge in [0, 0.05) is 17.6 Å². The number of thiophene rings is 1. The Morgan fingerprint density at radius 2 is 2.20 bits per heavy atom. The van der Waals surface area contributed by atoms with Crippen molar-refractivity contribution in [2.45, 2.75) is 13.5 Å². The predicted molar refractivity (Wildman–Crippen MR) is 62.8 cm³/mol. The molecule has 1 nitrogen and oxygen atoms in total. The number of halogens is 1. The first-order valence-electron chi connectivity index (χ1n) is 4.77. The lowest BCUT2D eigenvalue weighted by Crippen LogP contribution is -2.00. The molecule has 0 radical (unpaired) electrons. The van der Waals surface area contributed by atoms with Crippen molar-refractivity contribution in [2.75, 3.05) is 5.32 Å². The Hall–Kier alpha value is -1.35. The zero-order chi connectivity index (χ0) is 10.7. The molecule has 0 atom stereocenters. The minimum atomic E-state index is -0.174. The number of benzene rings is 1. The van der Waals surface area contributed by atoms with Crippen LogP contribution in [0.25, 0.3) is 0 Å². The molecule has 0 spiro atoms. The lowest BCUT2D eigenvalue weighted by Gasteiger charge is -2.07. The Morgan fingerprint density at radius 1 is 1.33 bits per heavy atom. The van der Waals surface area contributed by atoms with Gasteiger partial charge in [-0.1, -0.05) is 6.07 Å². The number of hydrogen-bond acceptors (Lipinski definition) is 2. The van der Waals surface area contributed by atoms with Crippen molar-refractivity contribution >= 4 is 17.0 Å². The molecular weight excluding hydrogens is 209 g/mol. The number of hydrogen-bond donors (Lipinski definition) is 1. The van der Waals surface area contributed by atoms with Gasteiger partial charge in [0.25, 0.3) is 0 Å². The summed E-state index contributed by atoms with van der Waals surface area (Å²) in [5, 5.41) is 7.37. The highest BCUT2D eigenvalue weighted by atomic mass is 32.1. The zero-order valence-electron chi connectivity index (χ0n) is 8.46. The molecule has 0 aliphatic heterocycles. The molecule has 0 fully saturated rings. The molecule has 2 rings (SSSR count). The van der Waals surface area contributed by atoms with Gasteiger partial charge in [0.15, 0.2) is 0 Å². The van der Waals surface area contributed by atoms with Gasteiger partial charge < -0.3 is 5.32 Å². The monoisotopic (exact) mass is 221 g/mol. The van der Waals surface area contributed by atoms with Crippen LogP contribution in [0.1, 0.15) is 11.1 Å². The van der Waals surface area contributed by atoms with Crippen molar-refractivity contribution in [1.82, 2.24) is 0 Å².